The van der Waals surface area contributed by atoms with Crippen LogP contribution < -0.4 is 5.73 Å². The average molecular weight is 252 g/mol. The predicted molar refractivity (Wildman–Crippen MR) is 66.5 cm³/mol. The molecule has 0 rings (SSSR count). The average Bonchev–Trinajstić information content (AvgIpc) is 2.16. The Morgan fingerprint density at radius 2 is 1.75 bits per heavy atom. The summed E-state index contributed by atoms with van der Waals surface area (Å²) in [6, 6.07) is -0.491. The first-order valence-corrected chi connectivity index (χ1v) is 5.10. The van der Waals surface area contributed by atoms with Crippen LogP contribution in [0.4, 0.5) is 0 Å². The fourth-order valence-corrected chi connectivity index (χ4v) is 1.14. The van der Waals surface area contributed by atoms with Crippen molar-refractivity contribution < 1.29 is 9.59 Å². The van der Waals surface area contributed by atoms with Crippen LogP contribution in [0, 0.1) is 0 Å². The summed E-state index contributed by atoms with van der Waals surface area (Å²) in [6.07, 6.45) is 1.52. The molecule has 0 aromatic carbocycles. The van der Waals surface area contributed by atoms with Gasteiger partial charge in [0.1, 0.15) is 0 Å². The Morgan fingerprint density at radius 3 is 2.12 bits per heavy atom. The summed E-state index contributed by atoms with van der Waals surface area (Å²) in [7, 11) is 4.92. The fraction of sp³-hybridized carbons (Fsp3) is 0.800. The molecule has 0 aromatic heterocycles. The van der Waals surface area contributed by atoms with Crippen LogP contribution >= 0.6 is 12.4 Å². The number of carbonyl (C=O) groups excluding carboxylic acids is 2. The molecular formula is C10H22ClN3O2. The highest BCUT2D eigenvalue weighted by molar-refractivity contribution is 5.87. The largest absolute Gasteiger partial charge is 0.347 e. The summed E-state index contributed by atoms with van der Waals surface area (Å²) in [6.45, 7) is 2.06. The number of nitrogens with two attached hydrogens (primary N) is 1. The van der Waals surface area contributed by atoms with Crippen molar-refractivity contribution in [1.29, 1.82) is 0 Å². The van der Waals surface area contributed by atoms with E-state index in [2.05, 4.69) is 0 Å². The standard InChI is InChI=1S/C10H21N3O2.ClH/c1-5-6-8(11)10(15)13(4)7-9(14)12(2)3;/h8H,5-7,11H2,1-4H3;1H. The van der Waals surface area contributed by atoms with Gasteiger partial charge in [0, 0.05) is 21.1 Å². The lowest BCUT2D eigenvalue weighted by Crippen LogP contribution is -2.45. The number of hydrogen-bond donors (Lipinski definition) is 1. The maximum atomic E-state index is 11.6. The minimum absolute atomic E-state index is 0. The highest BCUT2D eigenvalue weighted by Gasteiger charge is 2.19. The molecule has 2 amide bonds. The van der Waals surface area contributed by atoms with Crippen LogP contribution in [0.25, 0.3) is 0 Å². The van der Waals surface area contributed by atoms with Crippen molar-refractivity contribution in [3.05, 3.63) is 0 Å². The zero-order valence-corrected chi connectivity index (χ0v) is 11.2. The number of likely N-dealkylation sites (N-methyl/N-ethyl adjacent to an activating group) is 2. The normalized spacial score (nSPS) is 11.3. The molecule has 6 heteroatoms. The van der Waals surface area contributed by atoms with E-state index < -0.39 is 6.04 Å². The third-order valence-electron chi connectivity index (χ3n) is 2.16. The summed E-state index contributed by atoms with van der Waals surface area (Å²) in [5.74, 6) is -0.276. The Kier molecular flexibility index (Phi) is 9.18. The summed E-state index contributed by atoms with van der Waals surface area (Å²) < 4.78 is 0. The number of halogens is 1. The Hall–Kier alpha value is -0.810. The molecule has 0 saturated carbocycles. The molecule has 5 nitrogen and oxygen atoms in total. The van der Waals surface area contributed by atoms with Crippen LogP contribution in [-0.4, -0.2) is 55.3 Å². The van der Waals surface area contributed by atoms with E-state index in [4.69, 9.17) is 5.73 Å². The lowest BCUT2D eigenvalue weighted by Gasteiger charge is -2.22. The monoisotopic (exact) mass is 251 g/mol. The van der Waals surface area contributed by atoms with Crippen molar-refractivity contribution in [2.45, 2.75) is 25.8 Å². The molecule has 0 aliphatic rings. The first kappa shape index (κ1) is 17.6. The summed E-state index contributed by atoms with van der Waals surface area (Å²) >= 11 is 0. The predicted octanol–water partition coefficient (Wildman–Crippen LogP) is 0.0822. The van der Waals surface area contributed by atoms with Gasteiger partial charge in [-0.1, -0.05) is 13.3 Å². The summed E-state index contributed by atoms with van der Waals surface area (Å²) in [5, 5.41) is 0. The topological polar surface area (TPSA) is 66.6 Å². The molecule has 0 heterocycles. The number of rotatable bonds is 5. The van der Waals surface area contributed by atoms with Crippen LogP contribution in [0.3, 0.4) is 0 Å². The Labute approximate surface area is 103 Å². The second-order valence-electron chi connectivity index (χ2n) is 3.88. The molecule has 16 heavy (non-hydrogen) atoms. The van der Waals surface area contributed by atoms with Gasteiger partial charge in [0.05, 0.1) is 12.6 Å². The highest BCUT2D eigenvalue weighted by atomic mass is 35.5. The lowest BCUT2D eigenvalue weighted by molar-refractivity contribution is -0.138. The Balaban J connectivity index is 0. The van der Waals surface area contributed by atoms with E-state index in [1.165, 1.54) is 9.80 Å². The van der Waals surface area contributed by atoms with Gasteiger partial charge in [0.2, 0.25) is 11.8 Å². The molecule has 0 radical (unpaired) electrons. The van der Waals surface area contributed by atoms with Gasteiger partial charge in [0.15, 0.2) is 0 Å². The van der Waals surface area contributed by atoms with Gasteiger partial charge in [0.25, 0.3) is 0 Å². The van der Waals surface area contributed by atoms with Gasteiger partial charge < -0.3 is 15.5 Å². The SMILES string of the molecule is CCCC(N)C(=O)N(C)CC(=O)N(C)C.Cl. The van der Waals surface area contributed by atoms with Crippen molar-refractivity contribution in [2.24, 2.45) is 5.73 Å². The van der Waals surface area contributed by atoms with Crippen LogP contribution in [0.5, 0.6) is 0 Å². The first-order chi connectivity index (χ1) is 6.90. The third kappa shape index (κ3) is 5.92. The van der Waals surface area contributed by atoms with Gasteiger partial charge in [-0.05, 0) is 6.42 Å². The van der Waals surface area contributed by atoms with Crippen LogP contribution in [0.2, 0.25) is 0 Å². The summed E-state index contributed by atoms with van der Waals surface area (Å²) in [4.78, 5) is 25.8. The van der Waals surface area contributed by atoms with E-state index in [-0.39, 0.29) is 30.8 Å². The number of nitrogens with zero attached hydrogens (tertiary/aromatic N) is 2. The Morgan fingerprint density at radius 1 is 1.25 bits per heavy atom. The maximum Gasteiger partial charge on any atom is 0.241 e. The molecule has 96 valence electrons. The molecule has 0 aliphatic carbocycles. The van der Waals surface area contributed by atoms with Crippen molar-refractivity contribution >= 4 is 24.2 Å². The third-order valence-corrected chi connectivity index (χ3v) is 2.16. The van der Waals surface area contributed by atoms with E-state index in [1.807, 2.05) is 6.92 Å². The van der Waals surface area contributed by atoms with Gasteiger partial charge in [-0.3, -0.25) is 9.59 Å². The van der Waals surface area contributed by atoms with E-state index >= 15 is 0 Å². The minimum atomic E-state index is -0.491. The molecule has 0 bridgehead atoms. The minimum Gasteiger partial charge on any atom is -0.347 e. The van der Waals surface area contributed by atoms with Gasteiger partial charge in [-0.15, -0.1) is 12.4 Å². The Bertz CT molecular complexity index is 234. The van der Waals surface area contributed by atoms with Crippen molar-refractivity contribution in [1.82, 2.24) is 9.80 Å². The van der Waals surface area contributed by atoms with Crippen molar-refractivity contribution in [3.8, 4) is 0 Å². The van der Waals surface area contributed by atoms with Crippen LogP contribution in [-0.2, 0) is 9.59 Å². The molecule has 0 spiro atoms. The van der Waals surface area contributed by atoms with E-state index in [0.29, 0.717) is 6.42 Å². The van der Waals surface area contributed by atoms with E-state index in [1.54, 1.807) is 21.1 Å². The van der Waals surface area contributed by atoms with Gasteiger partial charge >= 0.3 is 0 Å². The molecular weight excluding hydrogens is 230 g/mol. The smallest absolute Gasteiger partial charge is 0.241 e. The second kappa shape index (κ2) is 8.35. The molecule has 0 aromatic rings. The molecule has 1 unspecified atom stereocenters. The summed E-state index contributed by atoms with van der Waals surface area (Å²) in [5.41, 5.74) is 5.66. The second-order valence-corrected chi connectivity index (χ2v) is 3.88. The zero-order chi connectivity index (χ0) is 12.0. The maximum absolute atomic E-state index is 11.6. The number of hydrogen-bond acceptors (Lipinski definition) is 3. The molecule has 2 N–H and O–H groups in total. The molecule has 0 fully saturated rings. The van der Waals surface area contributed by atoms with Crippen molar-refractivity contribution in [2.75, 3.05) is 27.7 Å². The first-order valence-electron chi connectivity index (χ1n) is 5.10. The van der Waals surface area contributed by atoms with E-state index in [9.17, 15) is 9.59 Å². The highest BCUT2D eigenvalue weighted by Crippen LogP contribution is 1.98. The van der Waals surface area contributed by atoms with Crippen LogP contribution in [0.15, 0.2) is 0 Å². The molecule has 1 atom stereocenters. The number of amides is 2. The molecule has 0 aliphatic heterocycles. The van der Waals surface area contributed by atoms with Crippen molar-refractivity contribution in [3.63, 3.8) is 0 Å². The lowest BCUT2D eigenvalue weighted by atomic mass is 10.1. The number of carbonyl (C=O) groups is 2. The van der Waals surface area contributed by atoms with Gasteiger partial charge in [-0.25, -0.2) is 0 Å². The zero-order valence-electron chi connectivity index (χ0n) is 10.4. The van der Waals surface area contributed by atoms with Crippen LogP contribution in [0.1, 0.15) is 19.8 Å². The van der Waals surface area contributed by atoms with Gasteiger partial charge in [-0.2, -0.15) is 0 Å². The molecule has 0 saturated heterocycles. The fourth-order valence-electron chi connectivity index (χ4n) is 1.14. The van der Waals surface area contributed by atoms with E-state index in [0.717, 1.165) is 6.42 Å². The quantitative estimate of drug-likeness (QED) is 0.753.